The van der Waals surface area contributed by atoms with Crippen LogP contribution in [0.5, 0.6) is 0 Å². The third kappa shape index (κ3) is 7.14. The van der Waals surface area contributed by atoms with Gasteiger partial charge < -0.3 is 20.4 Å². The molecule has 0 atom stereocenters. The van der Waals surface area contributed by atoms with Crippen LogP contribution in [0.1, 0.15) is 58.8 Å². The number of nitrogens with one attached hydrogen (secondary N) is 2. The molecule has 1 heterocycles. The lowest BCUT2D eigenvalue weighted by atomic mass is 9.84. The molecule has 1 saturated heterocycles. The molecule has 2 aliphatic rings. The van der Waals surface area contributed by atoms with Crippen LogP contribution in [0.15, 0.2) is 4.99 Å². The largest absolute Gasteiger partial charge is 0.357 e. The van der Waals surface area contributed by atoms with Crippen molar-refractivity contribution >= 4 is 5.96 Å². The highest BCUT2D eigenvalue weighted by molar-refractivity contribution is 5.79. The van der Waals surface area contributed by atoms with E-state index in [1.807, 2.05) is 0 Å². The monoisotopic (exact) mass is 351 g/mol. The van der Waals surface area contributed by atoms with Crippen LogP contribution in [0.25, 0.3) is 0 Å². The Morgan fingerprint density at radius 2 is 1.80 bits per heavy atom. The van der Waals surface area contributed by atoms with Crippen molar-refractivity contribution in [3.8, 4) is 0 Å². The van der Waals surface area contributed by atoms with Gasteiger partial charge in [-0.15, -0.1) is 0 Å². The molecule has 2 N–H and O–H groups in total. The van der Waals surface area contributed by atoms with Crippen LogP contribution < -0.4 is 10.6 Å². The number of aliphatic imine (C=N–C) groups is 1. The zero-order chi connectivity index (χ0) is 18.0. The first-order chi connectivity index (χ1) is 12.2. The van der Waals surface area contributed by atoms with Gasteiger partial charge in [0.2, 0.25) is 0 Å². The van der Waals surface area contributed by atoms with E-state index in [-0.39, 0.29) is 0 Å². The molecule has 5 nitrogen and oxygen atoms in total. The molecular weight excluding hydrogens is 310 g/mol. The van der Waals surface area contributed by atoms with E-state index in [1.165, 1.54) is 77.7 Å². The van der Waals surface area contributed by atoms with Crippen molar-refractivity contribution in [3.63, 3.8) is 0 Å². The fraction of sp³-hybridized carbons (Fsp3) is 0.950. The number of likely N-dealkylation sites (N-methyl/N-ethyl adjacent to an activating group) is 1. The highest BCUT2D eigenvalue weighted by Gasteiger charge is 2.31. The van der Waals surface area contributed by atoms with Gasteiger partial charge in [0.1, 0.15) is 0 Å². The minimum atomic E-state index is 0.473. The van der Waals surface area contributed by atoms with Crippen LogP contribution in [0, 0.1) is 5.41 Å². The summed E-state index contributed by atoms with van der Waals surface area (Å²) in [5, 5.41) is 6.97. The summed E-state index contributed by atoms with van der Waals surface area (Å²) in [4.78, 5) is 9.98. The molecule has 0 amide bonds. The van der Waals surface area contributed by atoms with Crippen LogP contribution in [-0.2, 0) is 0 Å². The van der Waals surface area contributed by atoms with Gasteiger partial charge in [-0.05, 0) is 71.1 Å². The van der Waals surface area contributed by atoms with Crippen molar-refractivity contribution in [2.75, 3.05) is 59.4 Å². The second-order valence-electron chi connectivity index (χ2n) is 8.03. The lowest BCUT2D eigenvalue weighted by molar-refractivity contribution is 0.273. The van der Waals surface area contributed by atoms with Crippen molar-refractivity contribution in [1.29, 1.82) is 0 Å². The average Bonchev–Trinajstić information content (AvgIpc) is 3.00. The second kappa shape index (κ2) is 11.0. The number of nitrogens with zero attached hydrogens (tertiary/aromatic N) is 3. The van der Waals surface area contributed by atoms with Gasteiger partial charge in [0.05, 0.1) is 0 Å². The summed E-state index contributed by atoms with van der Waals surface area (Å²) in [6.07, 6.45) is 9.24. The molecule has 1 aliphatic heterocycles. The topological polar surface area (TPSA) is 42.9 Å². The summed E-state index contributed by atoms with van der Waals surface area (Å²) in [7, 11) is 2.23. The second-order valence-corrected chi connectivity index (χ2v) is 8.03. The first kappa shape index (κ1) is 20.5. The third-order valence-corrected chi connectivity index (χ3v) is 6.09. The lowest BCUT2D eigenvalue weighted by Crippen LogP contribution is -2.40. The van der Waals surface area contributed by atoms with Gasteiger partial charge in [-0.3, -0.25) is 4.99 Å². The first-order valence-electron chi connectivity index (χ1n) is 10.6. The maximum Gasteiger partial charge on any atom is 0.191 e. The maximum atomic E-state index is 4.92. The number of guanidine groups is 1. The van der Waals surface area contributed by atoms with E-state index in [4.69, 9.17) is 4.99 Å². The van der Waals surface area contributed by atoms with Crippen LogP contribution in [0.2, 0.25) is 0 Å². The van der Waals surface area contributed by atoms with Crippen molar-refractivity contribution < 1.29 is 0 Å². The Balaban J connectivity index is 1.70. The summed E-state index contributed by atoms with van der Waals surface area (Å²) in [5.74, 6) is 1.01. The quantitative estimate of drug-likeness (QED) is 0.401. The van der Waals surface area contributed by atoms with Gasteiger partial charge in [-0.25, -0.2) is 0 Å². The minimum absolute atomic E-state index is 0.473. The summed E-state index contributed by atoms with van der Waals surface area (Å²) in [6.45, 7) is 13.5. The standard InChI is InChI=1S/C20H41N5/c1-4-20(10-6-7-11-20)18-23-19(21-5-2)22-12-8-14-25-15-9-13-24(3)16-17-25/h4-18H2,1-3H3,(H2,21,22,23). The highest BCUT2D eigenvalue weighted by Crippen LogP contribution is 2.41. The molecule has 146 valence electrons. The summed E-state index contributed by atoms with van der Waals surface area (Å²) in [5.41, 5.74) is 0.473. The van der Waals surface area contributed by atoms with Crippen molar-refractivity contribution in [2.24, 2.45) is 10.4 Å². The molecule has 2 rings (SSSR count). The SMILES string of the molecule is CCNC(=NCC1(CC)CCCC1)NCCCN1CCCN(C)CC1. The average molecular weight is 352 g/mol. The number of hydrogen-bond donors (Lipinski definition) is 2. The van der Waals surface area contributed by atoms with Gasteiger partial charge in [0.25, 0.3) is 0 Å². The van der Waals surface area contributed by atoms with Gasteiger partial charge in [-0.1, -0.05) is 19.8 Å². The normalized spacial score (nSPS) is 22.8. The van der Waals surface area contributed by atoms with Crippen molar-refractivity contribution in [2.45, 2.75) is 58.8 Å². The van der Waals surface area contributed by atoms with Gasteiger partial charge in [0, 0.05) is 32.7 Å². The Kier molecular flexibility index (Phi) is 9.04. The van der Waals surface area contributed by atoms with Gasteiger partial charge in [-0.2, -0.15) is 0 Å². The molecule has 0 radical (unpaired) electrons. The third-order valence-electron chi connectivity index (χ3n) is 6.09. The van der Waals surface area contributed by atoms with E-state index < -0.39 is 0 Å². The molecule has 5 heteroatoms. The fourth-order valence-corrected chi connectivity index (χ4v) is 4.17. The molecule has 0 aromatic rings. The van der Waals surface area contributed by atoms with E-state index >= 15 is 0 Å². The van der Waals surface area contributed by atoms with E-state index in [2.05, 4.69) is 41.3 Å². The lowest BCUT2D eigenvalue weighted by Gasteiger charge is -2.26. The summed E-state index contributed by atoms with van der Waals surface area (Å²) >= 11 is 0. The summed E-state index contributed by atoms with van der Waals surface area (Å²) in [6, 6.07) is 0. The van der Waals surface area contributed by atoms with E-state index in [1.54, 1.807) is 0 Å². The van der Waals surface area contributed by atoms with Crippen LogP contribution >= 0.6 is 0 Å². The van der Waals surface area contributed by atoms with Crippen molar-refractivity contribution in [3.05, 3.63) is 0 Å². The predicted molar refractivity (Wildman–Crippen MR) is 108 cm³/mol. The van der Waals surface area contributed by atoms with Crippen LogP contribution in [0.3, 0.4) is 0 Å². The molecule has 25 heavy (non-hydrogen) atoms. The minimum Gasteiger partial charge on any atom is -0.357 e. The Labute approximate surface area is 155 Å². The molecule has 1 aliphatic carbocycles. The molecule has 0 unspecified atom stereocenters. The van der Waals surface area contributed by atoms with Gasteiger partial charge in [0.15, 0.2) is 5.96 Å². The number of rotatable bonds is 8. The van der Waals surface area contributed by atoms with E-state index in [9.17, 15) is 0 Å². The maximum absolute atomic E-state index is 4.92. The Bertz CT molecular complexity index is 390. The molecule has 1 saturated carbocycles. The molecule has 2 fully saturated rings. The molecular formula is C20H41N5. The van der Waals surface area contributed by atoms with Crippen LogP contribution in [-0.4, -0.2) is 75.2 Å². The zero-order valence-corrected chi connectivity index (χ0v) is 16.9. The Hall–Kier alpha value is -0.810. The number of hydrogen-bond acceptors (Lipinski definition) is 3. The molecule has 0 spiro atoms. The molecule has 0 aromatic heterocycles. The van der Waals surface area contributed by atoms with E-state index in [0.29, 0.717) is 5.41 Å². The van der Waals surface area contributed by atoms with E-state index in [0.717, 1.165) is 25.6 Å². The van der Waals surface area contributed by atoms with Crippen LogP contribution in [0.4, 0.5) is 0 Å². The van der Waals surface area contributed by atoms with Gasteiger partial charge >= 0.3 is 0 Å². The Morgan fingerprint density at radius 1 is 1.00 bits per heavy atom. The highest BCUT2D eigenvalue weighted by atomic mass is 15.2. The van der Waals surface area contributed by atoms with Crippen molar-refractivity contribution in [1.82, 2.24) is 20.4 Å². The fourth-order valence-electron chi connectivity index (χ4n) is 4.17. The molecule has 0 bridgehead atoms. The smallest absolute Gasteiger partial charge is 0.191 e. The molecule has 0 aromatic carbocycles. The summed E-state index contributed by atoms with van der Waals surface area (Å²) < 4.78 is 0. The Morgan fingerprint density at radius 3 is 2.52 bits per heavy atom. The predicted octanol–water partition coefficient (Wildman–Crippen LogP) is 2.54. The first-order valence-corrected chi connectivity index (χ1v) is 10.6. The zero-order valence-electron chi connectivity index (χ0n) is 16.9.